The maximum Gasteiger partial charge on any atom is 0.191 e. The van der Waals surface area contributed by atoms with Gasteiger partial charge in [0.2, 0.25) is 0 Å². The Morgan fingerprint density at radius 2 is 1.52 bits per heavy atom. The summed E-state index contributed by atoms with van der Waals surface area (Å²) in [6, 6.07) is 21.6. The van der Waals surface area contributed by atoms with Crippen molar-refractivity contribution >= 4 is 5.96 Å². The van der Waals surface area contributed by atoms with Gasteiger partial charge < -0.3 is 15.7 Å². The summed E-state index contributed by atoms with van der Waals surface area (Å²) in [6.07, 6.45) is 3.59. The molecule has 0 spiro atoms. The van der Waals surface area contributed by atoms with Crippen molar-refractivity contribution in [1.82, 2.24) is 10.6 Å². The Morgan fingerprint density at radius 1 is 0.963 bits per heavy atom. The Balaban J connectivity index is 1.74. The predicted octanol–water partition coefficient (Wildman–Crippen LogP) is 3.68. The number of aliphatic imine (C=N–C) groups is 1. The van der Waals surface area contributed by atoms with Crippen molar-refractivity contribution in [3.8, 4) is 0 Å². The van der Waals surface area contributed by atoms with Crippen molar-refractivity contribution < 1.29 is 5.11 Å². The fourth-order valence-electron chi connectivity index (χ4n) is 3.69. The molecular formula is C23H31N3O. The number of nitrogens with zero attached hydrogens (tertiary/aromatic N) is 1. The van der Waals surface area contributed by atoms with Crippen molar-refractivity contribution in [3.05, 3.63) is 71.8 Å². The molecule has 1 fully saturated rings. The lowest BCUT2D eigenvalue weighted by Crippen LogP contribution is -2.45. The van der Waals surface area contributed by atoms with Crippen LogP contribution in [0.2, 0.25) is 0 Å². The highest BCUT2D eigenvalue weighted by atomic mass is 16.3. The quantitative estimate of drug-likeness (QED) is 0.541. The maximum absolute atomic E-state index is 9.72. The topological polar surface area (TPSA) is 56.7 Å². The van der Waals surface area contributed by atoms with Gasteiger partial charge in [0.05, 0.1) is 12.6 Å². The fourth-order valence-corrected chi connectivity index (χ4v) is 3.69. The number of nitrogens with one attached hydrogen (secondary N) is 2. The zero-order valence-corrected chi connectivity index (χ0v) is 16.1. The first-order valence-corrected chi connectivity index (χ1v) is 10.1. The molecule has 0 heterocycles. The number of benzene rings is 2. The fraction of sp³-hybridized carbons (Fsp3) is 0.435. The Labute approximate surface area is 162 Å². The van der Waals surface area contributed by atoms with Crippen LogP contribution in [0.1, 0.15) is 49.7 Å². The molecule has 2 aromatic carbocycles. The molecule has 4 nitrogen and oxygen atoms in total. The summed E-state index contributed by atoms with van der Waals surface area (Å²) in [5, 5.41) is 16.7. The van der Waals surface area contributed by atoms with Crippen LogP contribution in [0.5, 0.6) is 0 Å². The average Bonchev–Trinajstić information content (AvgIpc) is 2.71. The second-order valence-electron chi connectivity index (χ2n) is 7.24. The lowest BCUT2D eigenvalue weighted by Gasteiger charge is -2.28. The van der Waals surface area contributed by atoms with Crippen LogP contribution >= 0.6 is 0 Å². The molecule has 0 aromatic heterocycles. The molecule has 0 atom stereocenters. The van der Waals surface area contributed by atoms with E-state index in [0.717, 1.165) is 38.2 Å². The van der Waals surface area contributed by atoms with E-state index in [-0.39, 0.29) is 12.0 Å². The summed E-state index contributed by atoms with van der Waals surface area (Å²) in [6.45, 7) is 3.62. The number of aliphatic hydroxyl groups is 1. The molecule has 0 aliphatic heterocycles. The summed E-state index contributed by atoms with van der Waals surface area (Å²) in [4.78, 5) is 4.91. The van der Waals surface area contributed by atoms with Crippen LogP contribution in [0.3, 0.4) is 0 Å². The second kappa shape index (κ2) is 10.1. The van der Waals surface area contributed by atoms with Gasteiger partial charge in [0.1, 0.15) is 0 Å². The molecule has 4 heteroatoms. The van der Waals surface area contributed by atoms with E-state index < -0.39 is 0 Å². The molecule has 0 saturated heterocycles. The van der Waals surface area contributed by atoms with E-state index in [9.17, 15) is 5.11 Å². The predicted molar refractivity (Wildman–Crippen MR) is 112 cm³/mol. The van der Waals surface area contributed by atoms with Crippen molar-refractivity contribution in [2.24, 2.45) is 4.99 Å². The number of aliphatic hydroxyl groups excluding tert-OH is 1. The molecule has 144 valence electrons. The number of hydrogen-bond donors (Lipinski definition) is 3. The summed E-state index contributed by atoms with van der Waals surface area (Å²) in [5.74, 6) is 1.10. The Bertz CT molecular complexity index is 655. The van der Waals surface area contributed by atoms with Gasteiger partial charge in [-0.3, -0.25) is 4.99 Å². The van der Waals surface area contributed by atoms with Gasteiger partial charge in [0.25, 0.3) is 0 Å². The first-order valence-electron chi connectivity index (χ1n) is 10.1. The van der Waals surface area contributed by atoms with E-state index in [2.05, 4.69) is 78.2 Å². The van der Waals surface area contributed by atoms with E-state index in [1.54, 1.807) is 0 Å². The monoisotopic (exact) mass is 365 g/mol. The van der Waals surface area contributed by atoms with Gasteiger partial charge in [-0.2, -0.15) is 0 Å². The van der Waals surface area contributed by atoms with Crippen LogP contribution < -0.4 is 10.6 Å². The lowest BCUT2D eigenvalue weighted by atomic mass is 9.91. The minimum Gasteiger partial charge on any atom is -0.393 e. The third-order valence-corrected chi connectivity index (χ3v) is 5.22. The van der Waals surface area contributed by atoms with Gasteiger partial charge in [-0.25, -0.2) is 0 Å². The van der Waals surface area contributed by atoms with Crippen LogP contribution in [-0.2, 0) is 0 Å². The molecule has 1 aliphatic rings. The van der Waals surface area contributed by atoms with E-state index in [1.807, 2.05) is 0 Å². The highest BCUT2D eigenvalue weighted by Crippen LogP contribution is 2.25. The SMILES string of the molecule is CCNC(=NCC(c1ccccc1)c1ccccc1)NC1CCC(O)CC1. The van der Waals surface area contributed by atoms with Crippen LogP contribution in [0, 0.1) is 0 Å². The molecule has 0 amide bonds. The van der Waals surface area contributed by atoms with Crippen molar-refractivity contribution in [2.45, 2.75) is 50.7 Å². The Hall–Kier alpha value is -2.33. The maximum atomic E-state index is 9.72. The summed E-state index contributed by atoms with van der Waals surface area (Å²) >= 11 is 0. The molecule has 1 aliphatic carbocycles. The van der Waals surface area contributed by atoms with Gasteiger partial charge >= 0.3 is 0 Å². The second-order valence-corrected chi connectivity index (χ2v) is 7.24. The van der Waals surface area contributed by atoms with E-state index >= 15 is 0 Å². The van der Waals surface area contributed by atoms with Crippen LogP contribution in [0.4, 0.5) is 0 Å². The zero-order chi connectivity index (χ0) is 18.9. The van der Waals surface area contributed by atoms with Crippen LogP contribution in [-0.4, -0.2) is 36.3 Å². The Morgan fingerprint density at radius 3 is 2.04 bits per heavy atom. The molecule has 3 rings (SSSR count). The first kappa shape index (κ1) is 19.4. The zero-order valence-electron chi connectivity index (χ0n) is 16.1. The van der Waals surface area contributed by atoms with Gasteiger partial charge in [0.15, 0.2) is 5.96 Å². The standard InChI is InChI=1S/C23H31N3O/c1-2-24-23(26-20-13-15-21(27)16-14-20)25-17-22(18-9-5-3-6-10-18)19-11-7-4-8-12-19/h3-12,20-22,27H,2,13-17H2,1H3,(H2,24,25,26). The number of rotatable bonds is 6. The van der Waals surface area contributed by atoms with Crippen molar-refractivity contribution in [3.63, 3.8) is 0 Å². The molecular weight excluding hydrogens is 334 g/mol. The minimum absolute atomic E-state index is 0.136. The van der Waals surface area contributed by atoms with Gasteiger partial charge in [-0.05, 0) is 43.7 Å². The normalized spacial score (nSPS) is 20.5. The highest BCUT2D eigenvalue weighted by Gasteiger charge is 2.20. The van der Waals surface area contributed by atoms with Crippen molar-refractivity contribution in [2.75, 3.05) is 13.1 Å². The van der Waals surface area contributed by atoms with Gasteiger partial charge in [0, 0.05) is 18.5 Å². The van der Waals surface area contributed by atoms with E-state index in [1.165, 1.54) is 11.1 Å². The first-order chi connectivity index (χ1) is 13.3. The summed E-state index contributed by atoms with van der Waals surface area (Å²) in [7, 11) is 0. The molecule has 0 radical (unpaired) electrons. The van der Waals surface area contributed by atoms with E-state index in [4.69, 9.17) is 4.99 Å². The molecule has 0 unspecified atom stereocenters. The number of hydrogen-bond acceptors (Lipinski definition) is 2. The largest absolute Gasteiger partial charge is 0.393 e. The molecule has 27 heavy (non-hydrogen) atoms. The summed E-state index contributed by atoms with van der Waals surface area (Å²) in [5.41, 5.74) is 2.56. The molecule has 1 saturated carbocycles. The third kappa shape index (κ3) is 5.83. The van der Waals surface area contributed by atoms with Gasteiger partial charge in [-0.15, -0.1) is 0 Å². The molecule has 0 bridgehead atoms. The third-order valence-electron chi connectivity index (χ3n) is 5.22. The van der Waals surface area contributed by atoms with E-state index in [0.29, 0.717) is 12.6 Å². The molecule has 2 aromatic rings. The van der Waals surface area contributed by atoms with Gasteiger partial charge in [-0.1, -0.05) is 60.7 Å². The molecule has 3 N–H and O–H groups in total. The minimum atomic E-state index is -0.136. The van der Waals surface area contributed by atoms with Crippen LogP contribution in [0.25, 0.3) is 0 Å². The van der Waals surface area contributed by atoms with Crippen LogP contribution in [0.15, 0.2) is 65.7 Å². The van der Waals surface area contributed by atoms with Crippen molar-refractivity contribution in [1.29, 1.82) is 0 Å². The lowest BCUT2D eigenvalue weighted by molar-refractivity contribution is 0.120. The Kier molecular flexibility index (Phi) is 7.28. The smallest absolute Gasteiger partial charge is 0.191 e. The number of guanidine groups is 1. The highest BCUT2D eigenvalue weighted by molar-refractivity contribution is 5.80. The average molecular weight is 366 g/mol. The summed E-state index contributed by atoms with van der Waals surface area (Å²) < 4.78 is 0.